The molecule has 0 radical (unpaired) electrons. The molecule has 0 aliphatic carbocycles. The molecule has 2 saturated heterocycles. The van der Waals surface area contributed by atoms with Crippen molar-refractivity contribution >= 4 is 11.9 Å². The van der Waals surface area contributed by atoms with Crippen molar-refractivity contribution in [1.82, 2.24) is 9.80 Å². The lowest BCUT2D eigenvalue weighted by atomic mass is 9.90. The maximum atomic E-state index is 11.8. The van der Waals surface area contributed by atoms with Crippen molar-refractivity contribution in [2.24, 2.45) is 5.41 Å². The second-order valence-corrected chi connectivity index (χ2v) is 5.15. The van der Waals surface area contributed by atoms with Crippen molar-refractivity contribution in [3.63, 3.8) is 0 Å². The fourth-order valence-corrected chi connectivity index (χ4v) is 2.58. The quantitative estimate of drug-likeness (QED) is 0.720. The van der Waals surface area contributed by atoms with Crippen molar-refractivity contribution in [1.29, 1.82) is 0 Å². The van der Waals surface area contributed by atoms with Gasteiger partial charge in [-0.3, -0.25) is 14.5 Å². The first-order chi connectivity index (χ1) is 7.44. The number of nitrogens with zero attached hydrogens (tertiary/aromatic N) is 2. The van der Waals surface area contributed by atoms with Gasteiger partial charge in [0.05, 0.1) is 11.5 Å². The first kappa shape index (κ1) is 11.4. The van der Waals surface area contributed by atoms with E-state index in [1.807, 2.05) is 4.90 Å². The molecule has 2 aliphatic rings. The van der Waals surface area contributed by atoms with Crippen LogP contribution >= 0.6 is 0 Å². The molecular weight excluding hydrogens is 208 g/mol. The van der Waals surface area contributed by atoms with Crippen LogP contribution in [0.2, 0.25) is 0 Å². The molecule has 2 unspecified atom stereocenters. The summed E-state index contributed by atoms with van der Waals surface area (Å²) in [7, 11) is 1.80. The summed E-state index contributed by atoms with van der Waals surface area (Å²) in [6.45, 7) is 3.75. The van der Waals surface area contributed by atoms with E-state index in [9.17, 15) is 9.59 Å². The second-order valence-electron chi connectivity index (χ2n) is 5.15. The van der Waals surface area contributed by atoms with Crippen LogP contribution in [-0.2, 0) is 9.59 Å². The molecule has 2 atom stereocenters. The highest BCUT2D eigenvalue weighted by Crippen LogP contribution is 2.33. The number of rotatable bonds is 2. The first-order valence-electron chi connectivity index (χ1n) is 5.66. The second kappa shape index (κ2) is 3.73. The maximum Gasteiger partial charge on any atom is 0.310 e. The van der Waals surface area contributed by atoms with E-state index in [4.69, 9.17) is 5.11 Å². The van der Waals surface area contributed by atoms with E-state index >= 15 is 0 Å². The van der Waals surface area contributed by atoms with Crippen LogP contribution in [0.4, 0.5) is 0 Å². The molecule has 0 saturated carbocycles. The lowest BCUT2D eigenvalue weighted by Gasteiger charge is -2.24. The summed E-state index contributed by atoms with van der Waals surface area (Å²) in [6.07, 6.45) is 1.46. The van der Waals surface area contributed by atoms with Gasteiger partial charge in [0.2, 0.25) is 5.91 Å². The minimum Gasteiger partial charge on any atom is -0.481 e. The Morgan fingerprint density at radius 1 is 1.50 bits per heavy atom. The molecular formula is C11H18N2O3. The lowest BCUT2D eigenvalue weighted by molar-refractivity contribution is -0.147. The molecule has 16 heavy (non-hydrogen) atoms. The molecule has 0 aromatic heterocycles. The molecule has 0 spiro atoms. The normalized spacial score (nSPS) is 36.0. The lowest BCUT2D eigenvalue weighted by Crippen LogP contribution is -2.41. The monoisotopic (exact) mass is 226 g/mol. The van der Waals surface area contributed by atoms with Crippen LogP contribution < -0.4 is 0 Å². The Morgan fingerprint density at radius 2 is 2.19 bits per heavy atom. The van der Waals surface area contributed by atoms with E-state index in [1.54, 1.807) is 18.9 Å². The van der Waals surface area contributed by atoms with E-state index in [-0.39, 0.29) is 11.9 Å². The number of carboxylic acids is 1. The number of amides is 1. The topological polar surface area (TPSA) is 60.9 Å². The van der Waals surface area contributed by atoms with Crippen molar-refractivity contribution < 1.29 is 14.7 Å². The van der Waals surface area contributed by atoms with Crippen LogP contribution in [0.25, 0.3) is 0 Å². The first-order valence-corrected chi connectivity index (χ1v) is 5.66. The van der Waals surface area contributed by atoms with Gasteiger partial charge in [-0.25, -0.2) is 0 Å². The van der Waals surface area contributed by atoms with Gasteiger partial charge in [0, 0.05) is 26.7 Å². The molecule has 1 N–H and O–H groups in total. The smallest absolute Gasteiger partial charge is 0.310 e. The van der Waals surface area contributed by atoms with E-state index in [0.29, 0.717) is 19.5 Å². The Labute approximate surface area is 95.0 Å². The molecule has 0 aromatic carbocycles. The molecule has 1 amide bonds. The number of hydrogen-bond acceptors (Lipinski definition) is 3. The van der Waals surface area contributed by atoms with E-state index < -0.39 is 11.4 Å². The summed E-state index contributed by atoms with van der Waals surface area (Å²) < 4.78 is 0. The Morgan fingerprint density at radius 3 is 2.62 bits per heavy atom. The van der Waals surface area contributed by atoms with Crippen LogP contribution in [0, 0.1) is 5.41 Å². The summed E-state index contributed by atoms with van der Waals surface area (Å²) in [6, 6.07) is -0.0915. The molecule has 2 fully saturated rings. The third-order valence-corrected chi connectivity index (χ3v) is 3.86. The average Bonchev–Trinajstić information content (AvgIpc) is 2.74. The van der Waals surface area contributed by atoms with Gasteiger partial charge in [-0.05, 0) is 19.8 Å². The Hall–Kier alpha value is -1.10. The standard InChI is InChI=1S/C11H18N2O3/c1-11(10(15)16)4-6-13(7-11)8-3-5-12(2)9(8)14/h8H,3-7H2,1-2H3,(H,15,16). The van der Waals surface area contributed by atoms with Gasteiger partial charge in [-0.15, -0.1) is 0 Å². The highest BCUT2D eigenvalue weighted by Gasteiger charge is 2.45. The molecule has 90 valence electrons. The van der Waals surface area contributed by atoms with Crippen LogP contribution in [0.3, 0.4) is 0 Å². The molecule has 0 aromatic rings. The van der Waals surface area contributed by atoms with Crippen LogP contribution in [-0.4, -0.2) is 59.5 Å². The third kappa shape index (κ3) is 1.69. The van der Waals surface area contributed by atoms with Gasteiger partial charge in [0.25, 0.3) is 0 Å². The highest BCUT2D eigenvalue weighted by atomic mass is 16.4. The van der Waals surface area contributed by atoms with Crippen molar-refractivity contribution in [3.05, 3.63) is 0 Å². The maximum absolute atomic E-state index is 11.8. The number of carbonyl (C=O) groups is 2. The molecule has 2 aliphatic heterocycles. The van der Waals surface area contributed by atoms with Gasteiger partial charge in [-0.2, -0.15) is 0 Å². The zero-order chi connectivity index (χ0) is 11.9. The Bertz CT molecular complexity index is 331. The van der Waals surface area contributed by atoms with Crippen molar-refractivity contribution in [2.45, 2.75) is 25.8 Å². The summed E-state index contributed by atoms with van der Waals surface area (Å²) in [4.78, 5) is 26.7. The number of carboxylic acid groups (broad SMARTS) is 1. The molecule has 5 heteroatoms. The SMILES string of the molecule is CN1CCC(N2CCC(C)(C(=O)O)C2)C1=O. The summed E-state index contributed by atoms with van der Waals surface area (Å²) in [5.74, 6) is -0.622. The Balaban J connectivity index is 2.04. The third-order valence-electron chi connectivity index (χ3n) is 3.86. The van der Waals surface area contributed by atoms with Crippen molar-refractivity contribution in [3.8, 4) is 0 Å². The molecule has 5 nitrogen and oxygen atoms in total. The minimum absolute atomic E-state index is 0.0915. The summed E-state index contributed by atoms with van der Waals surface area (Å²) in [5.41, 5.74) is -0.679. The van der Waals surface area contributed by atoms with Crippen LogP contribution in [0.5, 0.6) is 0 Å². The van der Waals surface area contributed by atoms with E-state index in [1.165, 1.54) is 0 Å². The van der Waals surface area contributed by atoms with Gasteiger partial charge >= 0.3 is 5.97 Å². The van der Waals surface area contributed by atoms with E-state index in [0.717, 1.165) is 13.0 Å². The number of aliphatic carboxylic acids is 1. The number of likely N-dealkylation sites (N-methyl/N-ethyl adjacent to an activating group) is 1. The number of likely N-dealkylation sites (tertiary alicyclic amines) is 2. The molecule has 2 rings (SSSR count). The summed E-state index contributed by atoms with van der Waals surface area (Å²) >= 11 is 0. The predicted octanol–water partition coefficient (Wildman–Crippen LogP) is 0.0137. The summed E-state index contributed by atoms with van der Waals surface area (Å²) in [5, 5.41) is 9.13. The molecule has 0 bridgehead atoms. The van der Waals surface area contributed by atoms with Gasteiger partial charge in [0.15, 0.2) is 0 Å². The predicted molar refractivity (Wildman–Crippen MR) is 58.0 cm³/mol. The van der Waals surface area contributed by atoms with Crippen molar-refractivity contribution in [2.75, 3.05) is 26.7 Å². The highest BCUT2D eigenvalue weighted by molar-refractivity contribution is 5.84. The zero-order valence-electron chi connectivity index (χ0n) is 9.77. The number of hydrogen-bond donors (Lipinski definition) is 1. The van der Waals surface area contributed by atoms with Gasteiger partial charge in [-0.1, -0.05) is 0 Å². The van der Waals surface area contributed by atoms with Crippen LogP contribution in [0.1, 0.15) is 19.8 Å². The Kier molecular flexibility index (Phi) is 2.66. The average molecular weight is 226 g/mol. The fourth-order valence-electron chi connectivity index (χ4n) is 2.58. The largest absolute Gasteiger partial charge is 0.481 e. The van der Waals surface area contributed by atoms with E-state index in [2.05, 4.69) is 0 Å². The number of carbonyl (C=O) groups excluding carboxylic acids is 1. The molecule has 2 heterocycles. The van der Waals surface area contributed by atoms with Crippen LogP contribution in [0.15, 0.2) is 0 Å². The zero-order valence-corrected chi connectivity index (χ0v) is 9.77. The van der Waals surface area contributed by atoms with Gasteiger partial charge in [0.1, 0.15) is 0 Å². The minimum atomic E-state index is -0.756. The fraction of sp³-hybridized carbons (Fsp3) is 0.818. The van der Waals surface area contributed by atoms with Gasteiger partial charge < -0.3 is 10.0 Å².